The second kappa shape index (κ2) is 6.63. The Morgan fingerprint density at radius 2 is 2.14 bits per heavy atom. The first kappa shape index (κ1) is 14.6. The molecule has 0 bridgehead atoms. The molecular weight excluding hydrogens is 326 g/mol. The third kappa shape index (κ3) is 3.66. The Morgan fingerprint density at radius 1 is 1.24 bits per heavy atom. The molecule has 1 N–H and O–H groups in total. The highest BCUT2D eigenvalue weighted by Crippen LogP contribution is 2.33. The summed E-state index contributed by atoms with van der Waals surface area (Å²) in [6.07, 6.45) is 2.08. The van der Waals surface area contributed by atoms with E-state index >= 15 is 0 Å². The Kier molecular flexibility index (Phi) is 4.61. The van der Waals surface area contributed by atoms with Crippen LogP contribution in [0.1, 0.15) is 29.2 Å². The molecule has 0 saturated carbocycles. The van der Waals surface area contributed by atoms with E-state index in [2.05, 4.69) is 58.5 Å². The van der Waals surface area contributed by atoms with Crippen LogP contribution in [0, 0.1) is 6.92 Å². The number of benzene rings is 2. The van der Waals surface area contributed by atoms with Crippen LogP contribution in [-0.4, -0.2) is 13.2 Å². The normalized spacial score (nSPS) is 17.1. The SMILES string of the molecule is Cc1cccc(CCNC2CCOc3ccc(Br)cc32)c1. The number of rotatable bonds is 4. The van der Waals surface area contributed by atoms with Gasteiger partial charge < -0.3 is 10.1 Å². The van der Waals surface area contributed by atoms with Gasteiger partial charge in [-0.05, 0) is 43.7 Å². The average Bonchev–Trinajstić information content (AvgIpc) is 2.48. The summed E-state index contributed by atoms with van der Waals surface area (Å²) in [7, 11) is 0. The fourth-order valence-corrected chi connectivity index (χ4v) is 3.21. The van der Waals surface area contributed by atoms with Gasteiger partial charge in [-0.15, -0.1) is 0 Å². The monoisotopic (exact) mass is 345 g/mol. The lowest BCUT2D eigenvalue weighted by Gasteiger charge is -2.27. The molecule has 2 aromatic carbocycles. The van der Waals surface area contributed by atoms with Crippen molar-refractivity contribution in [2.24, 2.45) is 0 Å². The maximum absolute atomic E-state index is 5.73. The number of aryl methyl sites for hydroxylation is 1. The van der Waals surface area contributed by atoms with Gasteiger partial charge in [-0.2, -0.15) is 0 Å². The molecule has 3 rings (SSSR count). The van der Waals surface area contributed by atoms with Crippen molar-refractivity contribution in [2.45, 2.75) is 25.8 Å². The maximum atomic E-state index is 5.73. The van der Waals surface area contributed by atoms with Crippen molar-refractivity contribution in [3.05, 3.63) is 63.6 Å². The van der Waals surface area contributed by atoms with E-state index in [4.69, 9.17) is 4.74 Å². The van der Waals surface area contributed by atoms with Gasteiger partial charge >= 0.3 is 0 Å². The van der Waals surface area contributed by atoms with Crippen LogP contribution in [0.3, 0.4) is 0 Å². The summed E-state index contributed by atoms with van der Waals surface area (Å²) >= 11 is 3.55. The maximum Gasteiger partial charge on any atom is 0.124 e. The average molecular weight is 346 g/mol. The highest BCUT2D eigenvalue weighted by Gasteiger charge is 2.20. The lowest BCUT2D eigenvalue weighted by atomic mass is 10.00. The Bertz CT molecular complexity index is 626. The molecule has 1 unspecified atom stereocenters. The van der Waals surface area contributed by atoms with Crippen LogP contribution in [-0.2, 0) is 6.42 Å². The van der Waals surface area contributed by atoms with Crippen molar-refractivity contribution in [3.8, 4) is 5.75 Å². The van der Waals surface area contributed by atoms with Gasteiger partial charge in [0.05, 0.1) is 6.61 Å². The number of hydrogen-bond donors (Lipinski definition) is 1. The molecule has 21 heavy (non-hydrogen) atoms. The molecule has 1 aliphatic heterocycles. The van der Waals surface area contributed by atoms with Gasteiger partial charge in [0.15, 0.2) is 0 Å². The largest absolute Gasteiger partial charge is 0.493 e. The van der Waals surface area contributed by atoms with Crippen molar-refractivity contribution in [1.29, 1.82) is 0 Å². The van der Waals surface area contributed by atoms with E-state index in [1.165, 1.54) is 16.7 Å². The summed E-state index contributed by atoms with van der Waals surface area (Å²) in [6.45, 7) is 3.92. The van der Waals surface area contributed by atoms with E-state index in [9.17, 15) is 0 Å². The number of hydrogen-bond acceptors (Lipinski definition) is 2. The number of nitrogens with one attached hydrogen (secondary N) is 1. The second-order valence-corrected chi connectivity index (χ2v) is 6.48. The molecule has 0 saturated heterocycles. The highest BCUT2D eigenvalue weighted by atomic mass is 79.9. The Hall–Kier alpha value is -1.32. The standard InChI is InChI=1S/C18H20BrNO/c1-13-3-2-4-14(11-13)7-9-20-17-8-10-21-18-6-5-15(19)12-16(17)18/h2-6,11-12,17,20H,7-10H2,1H3. The van der Waals surface area contributed by atoms with Gasteiger partial charge in [-0.25, -0.2) is 0 Å². The Morgan fingerprint density at radius 3 is 3.00 bits per heavy atom. The predicted octanol–water partition coefficient (Wildman–Crippen LogP) is 4.41. The molecule has 0 fully saturated rings. The highest BCUT2D eigenvalue weighted by molar-refractivity contribution is 9.10. The molecule has 0 amide bonds. The first-order valence-electron chi connectivity index (χ1n) is 7.43. The molecule has 110 valence electrons. The van der Waals surface area contributed by atoms with Crippen molar-refractivity contribution in [2.75, 3.05) is 13.2 Å². The molecule has 1 heterocycles. The molecule has 0 radical (unpaired) electrons. The summed E-state index contributed by atoms with van der Waals surface area (Å²) in [5, 5.41) is 3.67. The van der Waals surface area contributed by atoms with Gasteiger partial charge in [0.25, 0.3) is 0 Å². The van der Waals surface area contributed by atoms with Crippen LogP contribution in [0.2, 0.25) is 0 Å². The van der Waals surface area contributed by atoms with Crippen LogP contribution >= 0.6 is 15.9 Å². The second-order valence-electron chi connectivity index (χ2n) is 5.57. The van der Waals surface area contributed by atoms with Gasteiger partial charge in [0.2, 0.25) is 0 Å². The molecule has 0 aliphatic carbocycles. The zero-order valence-corrected chi connectivity index (χ0v) is 13.8. The summed E-state index contributed by atoms with van der Waals surface area (Å²) in [5.41, 5.74) is 3.98. The van der Waals surface area contributed by atoms with Crippen molar-refractivity contribution < 1.29 is 4.74 Å². The fourth-order valence-electron chi connectivity index (χ4n) is 2.84. The van der Waals surface area contributed by atoms with Crippen LogP contribution < -0.4 is 10.1 Å². The smallest absolute Gasteiger partial charge is 0.124 e. The predicted molar refractivity (Wildman–Crippen MR) is 89.9 cm³/mol. The van der Waals surface area contributed by atoms with E-state index < -0.39 is 0 Å². The minimum Gasteiger partial charge on any atom is -0.493 e. The summed E-state index contributed by atoms with van der Waals surface area (Å²) in [4.78, 5) is 0. The first-order chi connectivity index (χ1) is 10.2. The van der Waals surface area contributed by atoms with E-state index in [1.807, 2.05) is 12.1 Å². The quantitative estimate of drug-likeness (QED) is 0.885. The van der Waals surface area contributed by atoms with Crippen LogP contribution in [0.5, 0.6) is 5.75 Å². The molecule has 2 aromatic rings. The van der Waals surface area contributed by atoms with E-state index in [-0.39, 0.29) is 0 Å². The number of halogens is 1. The van der Waals surface area contributed by atoms with Gasteiger partial charge in [0, 0.05) is 22.5 Å². The van der Waals surface area contributed by atoms with Crippen molar-refractivity contribution >= 4 is 15.9 Å². The molecular formula is C18H20BrNO. The zero-order valence-electron chi connectivity index (χ0n) is 12.2. The number of ether oxygens (including phenoxy) is 1. The molecule has 3 heteroatoms. The first-order valence-corrected chi connectivity index (χ1v) is 8.23. The van der Waals surface area contributed by atoms with Crippen LogP contribution in [0.4, 0.5) is 0 Å². The lowest BCUT2D eigenvalue weighted by Crippen LogP contribution is -2.28. The van der Waals surface area contributed by atoms with E-state index in [1.54, 1.807) is 0 Å². The van der Waals surface area contributed by atoms with Gasteiger partial charge in [-0.3, -0.25) is 0 Å². The zero-order chi connectivity index (χ0) is 14.7. The molecule has 1 aliphatic rings. The third-order valence-electron chi connectivity index (χ3n) is 3.90. The minimum absolute atomic E-state index is 0.385. The van der Waals surface area contributed by atoms with Crippen LogP contribution in [0.25, 0.3) is 0 Å². The Balaban J connectivity index is 1.63. The Labute approximate surface area is 134 Å². The molecule has 1 atom stereocenters. The minimum atomic E-state index is 0.385. The van der Waals surface area contributed by atoms with Gasteiger partial charge in [0.1, 0.15) is 5.75 Å². The fraction of sp³-hybridized carbons (Fsp3) is 0.333. The van der Waals surface area contributed by atoms with Crippen LogP contribution in [0.15, 0.2) is 46.9 Å². The van der Waals surface area contributed by atoms with Crippen molar-refractivity contribution in [1.82, 2.24) is 5.32 Å². The van der Waals surface area contributed by atoms with E-state index in [0.29, 0.717) is 6.04 Å². The molecule has 0 aromatic heterocycles. The molecule has 0 spiro atoms. The van der Waals surface area contributed by atoms with E-state index in [0.717, 1.165) is 36.2 Å². The summed E-state index contributed by atoms with van der Waals surface area (Å²) < 4.78 is 6.84. The lowest BCUT2D eigenvalue weighted by molar-refractivity contribution is 0.253. The summed E-state index contributed by atoms with van der Waals surface area (Å²) in [5.74, 6) is 1.01. The summed E-state index contributed by atoms with van der Waals surface area (Å²) in [6, 6.07) is 15.4. The van der Waals surface area contributed by atoms with Gasteiger partial charge in [-0.1, -0.05) is 45.8 Å². The number of fused-ring (bicyclic) bond motifs is 1. The molecule has 2 nitrogen and oxygen atoms in total. The third-order valence-corrected chi connectivity index (χ3v) is 4.39. The van der Waals surface area contributed by atoms with Crippen molar-refractivity contribution in [3.63, 3.8) is 0 Å². The topological polar surface area (TPSA) is 21.3 Å².